The van der Waals surface area contributed by atoms with Gasteiger partial charge in [-0.1, -0.05) is 66.5 Å². The van der Waals surface area contributed by atoms with E-state index in [9.17, 15) is 13.2 Å². The van der Waals surface area contributed by atoms with Crippen LogP contribution in [0.2, 0.25) is 10.0 Å². The SMILES string of the molecule is CCS(=O)(=O)c1ccc(-c2ccc(C(CN3CCCC3)N(C)C(=O)CN(C)c3ccc(Cl)c(Cl)c3)cc2)cc1. The van der Waals surface area contributed by atoms with Crippen LogP contribution in [0.3, 0.4) is 0 Å². The number of rotatable bonds is 10. The summed E-state index contributed by atoms with van der Waals surface area (Å²) in [6.07, 6.45) is 2.35. The third-order valence-corrected chi connectivity index (χ3v) is 9.92. The molecule has 4 rings (SSSR count). The Balaban J connectivity index is 1.53. The average molecular weight is 589 g/mol. The summed E-state index contributed by atoms with van der Waals surface area (Å²) in [4.78, 5) is 19.9. The van der Waals surface area contributed by atoms with Crippen LogP contribution < -0.4 is 4.90 Å². The molecule has 1 saturated heterocycles. The van der Waals surface area contributed by atoms with E-state index in [4.69, 9.17) is 23.2 Å². The number of halogens is 2. The lowest BCUT2D eigenvalue weighted by Gasteiger charge is -2.33. The molecule has 3 aromatic rings. The van der Waals surface area contributed by atoms with Gasteiger partial charge in [0.15, 0.2) is 9.84 Å². The van der Waals surface area contributed by atoms with Crippen molar-refractivity contribution in [3.8, 4) is 11.1 Å². The van der Waals surface area contributed by atoms with E-state index in [-0.39, 0.29) is 24.2 Å². The molecule has 0 N–H and O–H groups in total. The molecular weight excluding hydrogens is 553 g/mol. The Hall–Kier alpha value is -2.58. The number of amides is 1. The largest absolute Gasteiger partial charge is 0.365 e. The van der Waals surface area contributed by atoms with Crippen LogP contribution in [0.1, 0.15) is 31.4 Å². The van der Waals surface area contributed by atoms with Crippen LogP contribution in [-0.2, 0) is 14.6 Å². The first-order chi connectivity index (χ1) is 18.6. The first-order valence-electron chi connectivity index (χ1n) is 13.2. The summed E-state index contributed by atoms with van der Waals surface area (Å²) in [5.41, 5.74) is 3.82. The Morgan fingerprint density at radius 3 is 2.05 bits per heavy atom. The van der Waals surface area contributed by atoms with Gasteiger partial charge in [-0.2, -0.15) is 0 Å². The van der Waals surface area contributed by atoms with Gasteiger partial charge >= 0.3 is 0 Å². The standard InChI is InChI=1S/C30H35Cl2N3O3S/c1-4-39(37,38)26-14-11-23(12-15-26)22-7-9-24(10-8-22)29(20-35-17-5-6-18-35)34(3)30(36)21-33(2)25-13-16-27(31)28(32)19-25/h7-16,19,29H,4-6,17-18,20-21H2,1-3H3. The highest BCUT2D eigenvalue weighted by Crippen LogP contribution is 2.29. The Labute approximate surface area is 242 Å². The molecule has 9 heteroatoms. The van der Waals surface area contributed by atoms with Gasteiger partial charge in [-0.3, -0.25) is 4.79 Å². The molecule has 0 aromatic heterocycles. The monoisotopic (exact) mass is 587 g/mol. The lowest BCUT2D eigenvalue weighted by atomic mass is 9.99. The second-order valence-electron chi connectivity index (χ2n) is 10.0. The van der Waals surface area contributed by atoms with Gasteiger partial charge in [0.25, 0.3) is 0 Å². The predicted molar refractivity (Wildman–Crippen MR) is 161 cm³/mol. The van der Waals surface area contributed by atoms with Gasteiger partial charge in [0.1, 0.15) is 0 Å². The molecule has 1 fully saturated rings. The number of anilines is 1. The van der Waals surface area contributed by atoms with Gasteiger partial charge in [-0.25, -0.2) is 8.42 Å². The molecule has 1 unspecified atom stereocenters. The molecule has 3 aromatic carbocycles. The van der Waals surface area contributed by atoms with E-state index in [2.05, 4.69) is 17.0 Å². The van der Waals surface area contributed by atoms with Crippen LogP contribution in [0.4, 0.5) is 5.69 Å². The molecular formula is C30H35Cl2N3O3S. The fourth-order valence-electron chi connectivity index (χ4n) is 4.88. The van der Waals surface area contributed by atoms with Crippen molar-refractivity contribution < 1.29 is 13.2 Å². The molecule has 1 heterocycles. The Morgan fingerprint density at radius 1 is 0.897 bits per heavy atom. The summed E-state index contributed by atoms with van der Waals surface area (Å²) in [6.45, 7) is 4.69. The fraction of sp³-hybridized carbons (Fsp3) is 0.367. The zero-order chi connectivity index (χ0) is 28.2. The van der Waals surface area contributed by atoms with E-state index in [1.807, 2.05) is 54.2 Å². The zero-order valence-corrected chi connectivity index (χ0v) is 24.9. The third kappa shape index (κ3) is 7.14. The van der Waals surface area contributed by atoms with E-state index < -0.39 is 9.84 Å². The topological polar surface area (TPSA) is 60.9 Å². The second-order valence-corrected chi connectivity index (χ2v) is 13.1. The van der Waals surface area contributed by atoms with E-state index in [1.165, 1.54) is 12.8 Å². The highest BCUT2D eigenvalue weighted by atomic mass is 35.5. The van der Waals surface area contributed by atoms with Crippen LogP contribution in [0, 0.1) is 0 Å². The number of carbonyl (C=O) groups is 1. The number of benzene rings is 3. The lowest BCUT2D eigenvalue weighted by molar-refractivity contribution is -0.131. The van der Waals surface area contributed by atoms with Crippen LogP contribution in [-0.4, -0.2) is 70.2 Å². The molecule has 0 spiro atoms. The van der Waals surface area contributed by atoms with Crippen molar-refractivity contribution >= 4 is 44.6 Å². The van der Waals surface area contributed by atoms with Gasteiger partial charge in [0.05, 0.1) is 33.3 Å². The molecule has 0 aliphatic carbocycles. The first-order valence-corrected chi connectivity index (χ1v) is 15.6. The van der Waals surface area contributed by atoms with Gasteiger partial charge < -0.3 is 14.7 Å². The summed E-state index contributed by atoms with van der Waals surface area (Å²) in [7, 11) is 0.502. The lowest BCUT2D eigenvalue weighted by Crippen LogP contribution is -2.42. The highest BCUT2D eigenvalue weighted by Gasteiger charge is 2.26. The van der Waals surface area contributed by atoms with Crippen molar-refractivity contribution in [2.75, 3.05) is 50.9 Å². The van der Waals surface area contributed by atoms with Crippen molar-refractivity contribution in [1.82, 2.24) is 9.80 Å². The van der Waals surface area contributed by atoms with Crippen LogP contribution in [0.5, 0.6) is 0 Å². The minimum absolute atomic E-state index is 0.00423. The number of likely N-dealkylation sites (N-methyl/N-ethyl adjacent to an activating group) is 2. The van der Waals surface area contributed by atoms with E-state index in [0.29, 0.717) is 14.9 Å². The van der Waals surface area contributed by atoms with E-state index >= 15 is 0 Å². The number of carbonyl (C=O) groups excluding carboxylic acids is 1. The van der Waals surface area contributed by atoms with Crippen molar-refractivity contribution in [2.24, 2.45) is 0 Å². The maximum absolute atomic E-state index is 13.5. The number of likely N-dealkylation sites (tertiary alicyclic amines) is 1. The number of sulfone groups is 1. The molecule has 6 nitrogen and oxygen atoms in total. The smallest absolute Gasteiger partial charge is 0.242 e. The zero-order valence-electron chi connectivity index (χ0n) is 22.6. The van der Waals surface area contributed by atoms with Crippen molar-refractivity contribution in [1.29, 1.82) is 0 Å². The highest BCUT2D eigenvalue weighted by molar-refractivity contribution is 7.91. The van der Waals surface area contributed by atoms with Crippen molar-refractivity contribution in [3.05, 3.63) is 82.3 Å². The normalized spacial score (nSPS) is 14.8. The number of nitrogens with zero attached hydrogens (tertiary/aromatic N) is 3. The van der Waals surface area contributed by atoms with E-state index in [1.54, 1.807) is 31.2 Å². The quantitative estimate of drug-likeness (QED) is 0.283. The minimum Gasteiger partial charge on any atom is -0.365 e. The molecule has 1 amide bonds. The molecule has 1 atom stereocenters. The summed E-state index contributed by atoms with van der Waals surface area (Å²) in [6, 6.07) is 20.5. The van der Waals surface area contributed by atoms with Gasteiger partial charge in [-0.05, 0) is 73.0 Å². The second kappa shape index (κ2) is 12.7. The maximum atomic E-state index is 13.5. The minimum atomic E-state index is -3.23. The fourth-order valence-corrected chi connectivity index (χ4v) is 6.06. The first kappa shape index (κ1) is 29.4. The molecule has 0 bridgehead atoms. The molecule has 39 heavy (non-hydrogen) atoms. The van der Waals surface area contributed by atoms with E-state index in [0.717, 1.165) is 42.0 Å². The van der Waals surface area contributed by atoms with Crippen LogP contribution >= 0.6 is 23.2 Å². The molecule has 1 aliphatic heterocycles. The summed E-state index contributed by atoms with van der Waals surface area (Å²) < 4.78 is 24.3. The third-order valence-electron chi connectivity index (χ3n) is 7.43. The molecule has 0 radical (unpaired) electrons. The van der Waals surface area contributed by atoms with Gasteiger partial charge in [-0.15, -0.1) is 0 Å². The Bertz CT molecular complexity index is 1390. The Kier molecular flexibility index (Phi) is 9.60. The molecule has 208 valence electrons. The van der Waals surface area contributed by atoms with Crippen LogP contribution in [0.25, 0.3) is 11.1 Å². The Morgan fingerprint density at radius 2 is 1.49 bits per heavy atom. The van der Waals surface area contributed by atoms with Crippen molar-refractivity contribution in [3.63, 3.8) is 0 Å². The summed E-state index contributed by atoms with van der Waals surface area (Å²) in [5.74, 6) is 0.0825. The summed E-state index contributed by atoms with van der Waals surface area (Å²) in [5, 5.41) is 0.934. The van der Waals surface area contributed by atoms with Crippen molar-refractivity contribution in [2.45, 2.75) is 30.7 Å². The van der Waals surface area contributed by atoms with Gasteiger partial charge in [0.2, 0.25) is 5.91 Å². The predicted octanol–water partition coefficient (Wildman–Crippen LogP) is 6.19. The van der Waals surface area contributed by atoms with Crippen LogP contribution in [0.15, 0.2) is 71.6 Å². The molecule has 0 saturated carbocycles. The number of hydrogen-bond donors (Lipinski definition) is 0. The average Bonchev–Trinajstić information content (AvgIpc) is 3.46. The molecule has 1 aliphatic rings. The summed E-state index contributed by atoms with van der Waals surface area (Å²) >= 11 is 12.2. The van der Waals surface area contributed by atoms with Gasteiger partial charge in [0, 0.05) is 26.3 Å². The maximum Gasteiger partial charge on any atom is 0.242 e. The number of hydrogen-bond acceptors (Lipinski definition) is 5.